The summed E-state index contributed by atoms with van der Waals surface area (Å²) in [6.45, 7) is 2.38. The van der Waals surface area contributed by atoms with Crippen LogP contribution in [0.25, 0.3) is 0 Å². The molecule has 4 rings (SSSR count). The van der Waals surface area contributed by atoms with Gasteiger partial charge in [0, 0.05) is 19.4 Å². The number of aromatic nitrogens is 1. The van der Waals surface area contributed by atoms with E-state index < -0.39 is 36.6 Å². The van der Waals surface area contributed by atoms with E-state index in [0.717, 1.165) is 18.8 Å². The standard InChI is InChI=1S/C24H27F4N3O3/c1-15(23(32)30-12-21(25)26)16-2-4-18(5-3-16)34-20-8-9-31(13-20)22-7-6-19(11-29-22)33-14-17-10-24(17,27)28/h2-7,11,15,17,20-21H,8-10,12-14H2,1H3,(H,30,32). The van der Waals surface area contributed by atoms with Crippen LogP contribution in [0, 0.1) is 5.92 Å². The van der Waals surface area contributed by atoms with Gasteiger partial charge in [-0.05, 0) is 36.8 Å². The number of amides is 1. The van der Waals surface area contributed by atoms with Crippen LogP contribution in [0.15, 0.2) is 42.6 Å². The number of carbonyl (C=O) groups excluding carboxylic acids is 1. The Bertz CT molecular complexity index is 972. The average Bonchev–Trinajstić information content (AvgIpc) is 3.19. The molecule has 1 saturated carbocycles. The smallest absolute Gasteiger partial charge is 0.255 e. The van der Waals surface area contributed by atoms with Gasteiger partial charge in [-0.1, -0.05) is 12.1 Å². The minimum absolute atomic E-state index is 0.00833. The zero-order chi connectivity index (χ0) is 24.3. The predicted molar refractivity (Wildman–Crippen MR) is 118 cm³/mol. The first-order chi connectivity index (χ1) is 16.2. The molecule has 1 aromatic carbocycles. The largest absolute Gasteiger partial charge is 0.491 e. The molecule has 1 aliphatic heterocycles. The van der Waals surface area contributed by atoms with E-state index in [0.29, 0.717) is 23.6 Å². The number of pyridine rings is 1. The van der Waals surface area contributed by atoms with Crippen molar-refractivity contribution in [3.8, 4) is 11.5 Å². The van der Waals surface area contributed by atoms with Crippen molar-refractivity contribution < 1.29 is 31.8 Å². The number of nitrogens with one attached hydrogen (secondary N) is 1. The lowest BCUT2D eigenvalue weighted by atomic mass is 10.0. The zero-order valence-electron chi connectivity index (χ0n) is 18.7. The zero-order valence-corrected chi connectivity index (χ0v) is 18.7. The summed E-state index contributed by atoms with van der Waals surface area (Å²) in [6.07, 6.45) is -0.409. The lowest BCUT2D eigenvalue weighted by molar-refractivity contribution is -0.122. The molecule has 6 nitrogen and oxygen atoms in total. The molecule has 0 bridgehead atoms. The second-order valence-electron chi connectivity index (χ2n) is 8.73. The van der Waals surface area contributed by atoms with Gasteiger partial charge in [-0.2, -0.15) is 0 Å². The summed E-state index contributed by atoms with van der Waals surface area (Å²) in [5.41, 5.74) is 0.712. The fourth-order valence-corrected chi connectivity index (χ4v) is 3.83. The molecule has 2 fully saturated rings. The Kier molecular flexibility index (Phi) is 7.13. The summed E-state index contributed by atoms with van der Waals surface area (Å²) in [7, 11) is 0. The van der Waals surface area contributed by atoms with Crippen LogP contribution in [0.1, 0.15) is 31.2 Å². The molecular weight excluding hydrogens is 454 g/mol. The molecule has 1 aromatic heterocycles. The maximum absolute atomic E-state index is 12.9. The molecule has 1 N–H and O–H groups in total. The van der Waals surface area contributed by atoms with Crippen molar-refractivity contribution >= 4 is 11.7 Å². The SMILES string of the molecule is CC(C(=O)NCC(F)F)c1ccc(OC2CCN(c3ccc(OCC4CC4(F)F)cn3)C2)cc1. The molecule has 0 radical (unpaired) electrons. The molecule has 2 heterocycles. The third-order valence-corrected chi connectivity index (χ3v) is 6.10. The molecular formula is C24H27F4N3O3. The summed E-state index contributed by atoms with van der Waals surface area (Å²) >= 11 is 0. The van der Waals surface area contributed by atoms with Gasteiger partial charge >= 0.3 is 0 Å². The summed E-state index contributed by atoms with van der Waals surface area (Å²) in [4.78, 5) is 18.4. The van der Waals surface area contributed by atoms with Crippen molar-refractivity contribution in [2.24, 2.45) is 5.92 Å². The monoisotopic (exact) mass is 481 g/mol. The highest BCUT2D eigenvalue weighted by atomic mass is 19.3. The Labute approximate surface area is 195 Å². The summed E-state index contributed by atoms with van der Waals surface area (Å²) < 4.78 is 61.9. The van der Waals surface area contributed by atoms with Crippen molar-refractivity contribution in [1.82, 2.24) is 10.3 Å². The highest BCUT2D eigenvalue weighted by molar-refractivity contribution is 5.83. The molecule has 1 amide bonds. The first-order valence-electron chi connectivity index (χ1n) is 11.3. The maximum atomic E-state index is 12.9. The molecule has 1 aliphatic carbocycles. The summed E-state index contributed by atoms with van der Waals surface area (Å²) in [5.74, 6) is -2.41. The Hall–Kier alpha value is -3.04. The quantitative estimate of drug-likeness (QED) is 0.514. The Morgan fingerprint density at radius 2 is 1.91 bits per heavy atom. The van der Waals surface area contributed by atoms with Crippen molar-refractivity contribution in [2.45, 2.75) is 44.1 Å². The van der Waals surface area contributed by atoms with Crippen LogP contribution in [0.5, 0.6) is 11.5 Å². The molecule has 184 valence electrons. The number of carbonyl (C=O) groups is 1. The molecule has 2 aromatic rings. The molecule has 2 aliphatic rings. The maximum Gasteiger partial charge on any atom is 0.255 e. The van der Waals surface area contributed by atoms with Crippen LogP contribution in [0.2, 0.25) is 0 Å². The van der Waals surface area contributed by atoms with Gasteiger partial charge in [0.15, 0.2) is 0 Å². The second kappa shape index (κ2) is 10.1. The van der Waals surface area contributed by atoms with Crippen LogP contribution >= 0.6 is 0 Å². The van der Waals surface area contributed by atoms with Crippen LogP contribution in [0.4, 0.5) is 23.4 Å². The van der Waals surface area contributed by atoms with E-state index in [-0.39, 0.29) is 19.1 Å². The first kappa shape index (κ1) is 24.1. The van der Waals surface area contributed by atoms with Gasteiger partial charge in [0.05, 0.1) is 37.7 Å². The Balaban J connectivity index is 1.24. The third kappa shape index (κ3) is 6.09. The normalized spacial score (nSPS) is 21.9. The van der Waals surface area contributed by atoms with E-state index in [1.807, 2.05) is 0 Å². The third-order valence-electron chi connectivity index (χ3n) is 6.10. The van der Waals surface area contributed by atoms with E-state index >= 15 is 0 Å². The summed E-state index contributed by atoms with van der Waals surface area (Å²) in [6, 6.07) is 10.6. The van der Waals surface area contributed by atoms with Gasteiger partial charge in [-0.15, -0.1) is 0 Å². The van der Waals surface area contributed by atoms with E-state index in [2.05, 4.69) is 15.2 Å². The summed E-state index contributed by atoms with van der Waals surface area (Å²) in [5, 5.41) is 2.23. The van der Waals surface area contributed by atoms with Crippen molar-refractivity contribution in [3.63, 3.8) is 0 Å². The van der Waals surface area contributed by atoms with Gasteiger partial charge in [0.1, 0.15) is 23.4 Å². The lowest BCUT2D eigenvalue weighted by Gasteiger charge is -2.19. The number of rotatable bonds is 10. The first-order valence-corrected chi connectivity index (χ1v) is 11.3. The second-order valence-corrected chi connectivity index (χ2v) is 8.73. The minimum atomic E-state index is -2.60. The molecule has 3 atom stereocenters. The highest BCUT2D eigenvalue weighted by Gasteiger charge is 2.57. The van der Waals surface area contributed by atoms with E-state index in [4.69, 9.17) is 9.47 Å². The van der Waals surface area contributed by atoms with Crippen LogP contribution in [0.3, 0.4) is 0 Å². The van der Waals surface area contributed by atoms with E-state index in [1.54, 1.807) is 49.5 Å². The fourth-order valence-electron chi connectivity index (χ4n) is 3.83. The number of nitrogens with zero attached hydrogens (tertiary/aromatic N) is 2. The van der Waals surface area contributed by atoms with Gasteiger partial charge in [0.2, 0.25) is 5.91 Å². The number of hydrogen-bond donors (Lipinski definition) is 1. The van der Waals surface area contributed by atoms with Crippen molar-refractivity contribution in [3.05, 3.63) is 48.2 Å². The molecule has 34 heavy (non-hydrogen) atoms. The average molecular weight is 481 g/mol. The number of alkyl halides is 4. The van der Waals surface area contributed by atoms with Gasteiger partial charge < -0.3 is 19.7 Å². The molecule has 0 spiro atoms. The number of hydrogen-bond acceptors (Lipinski definition) is 5. The number of ether oxygens (including phenoxy) is 2. The van der Waals surface area contributed by atoms with Crippen LogP contribution < -0.4 is 19.7 Å². The van der Waals surface area contributed by atoms with Gasteiger partial charge in [0.25, 0.3) is 12.3 Å². The number of anilines is 1. The molecule has 10 heteroatoms. The van der Waals surface area contributed by atoms with Crippen LogP contribution in [-0.4, -0.2) is 55.6 Å². The minimum Gasteiger partial charge on any atom is -0.491 e. The lowest BCUT2D eigenvalue weighted by Crippen LogP contribution is -2.31. The fraction of sp³-hybridized carbons (Fsp3) is 0.500. The Morgan fingerprint density at radius 3 is 2.53 bits per heavy atom. The molecule has 3 unspecified atom stereocenters. The number of benzene rings is 1. The van der Waals surface area contributed by atoms with Crippen molar-refractivity contribution in [1.29, 1.82) is 0 Å². The van der Waals surface area contributed by atoms with Gasteiger partial charge in [-0.25, -0.2) is 22.5 Å². The van der Waals surface area contributed by atoms with E-state index in [9.17, 15) is 22.4 Å². The van der Waals surface area contributed by atoms with Crippen molar-refractivity contribution in [2.75, 3.05) is 31.1 Å². The van der Waals surface area contributed by atoms with Gasteiger partial charge in [-0.3, -0.25) is 4.79 Å². The number of halogens is 4. The predicted octanol–water partition coefficient (Wildman–Crippen LogP) is 4.26. The van der Waals surface area contributed by atoms with Crippen LogP contribution in [-0.2, 0) is 4.79 Å². The molecule has 1 saturated heterocycles. The topological polar surface area (TPSA) is 63.7 Å². The Morgan fingerprint density at radius 1 is 1.21 bits per heavy atom. The van der Waals surface area contributed by atoms with E-state index in [1.165, 1.54) is 0 Å². The highest BCUT2D eigenvalue weighted by Crippen LogP contribution is 2.48.